The molecule has 1 atom stereocenters. The first-order valence-corrected chi connectivity index (χ1v) is 8.52. The summed E-state index contributed by atoms with van der Waals surface area (Å²) < 4.78 is 11.1. The minimum atomic E-state index is 0.523. The Morgan fingerprint density at radius 3 is 3.09 bits per heavy atom. The molecule has 0 radical (unpaired) electrons. The van der Waals surface area contributed by atoms with E-state index in [-0.39, 0.29) is 0 Å². The molecule has 1 unspecified atom stereocenters. The van der Waals surface area contributed by atoms with Gasteiger partial charge in [0.15, 0.2) is 5.96 Å². The Morgan fingerprint density at radius 2 is 2.39 bits per heavy atom. The van der Waals surface area contributed by atoms with Crippen molar-refractivity contribution in [2.45, 2.75) is 13.3 Å². The molecule has 1 fully saturated rings. The van der Waals surface area contributed by atoms with Crippen molar-refractivity contribution in [3.8, 4) is 5.75 Å². The van der Waals surface area contributed by atoms with E-state index in [1.165, 1.54) is 0 Å². The van der Waals surface area contributed by atoms with Crippen LogP contribution in [0.3, 0.4) is 0 Å². The largest absolute Gasteiger partial charge is 0.492 e. The van der Waals surface area contributed by atoms with Gasteiger partial charge in [-0.15, -0.1) is 0 Å². The third-order valence-corrected chi connectivity index (χ3v) is 3.91. The molecule has 0 spiro atoms. The molecule has 5 nitrogen and oxygen atoms in total. The number of hydrogen-bond donors (Lipinski definition) is 1. The molecule has 1 N–H and O–H groups in total. The molecule has 0 saturated carbocycles. The highest BCUT2D eigenvalue weighted by Gasteiger charge is 2.18. The van der Waals surface area contributed by atoms with Crippen LogP contribution < -0.4 is 10.1 Å². The maximum atomic E-state index is 5.94. The van der Waals surface area contributed by atoms with E-state index in [4.69, 9.17) is 21.1 Å². The Morgan fingerprint density at radius 1 is 1.52 bits per heavy atom. The van der Waals surface area contributed by atoms with Gasteiger partial charge in [0, 0.05) is 37.7 Å². The van der Waals surface area contributed by atoms with Crippen LogP contribution in [-0.2, 0) is 4.74 Å². The summed E-state index contributed by atoms with van der Waals surface area (Å²) in [7, 11) is 2.07. The summed E-state index contributed by atoms with van der Waals surface area (Å²) in [4.78, 5) is 6.79. The van der Waals surface area contributed by atoms with Crippen LogP contribution in [0.5, 0.6) is 5.75 Å². The fourth-order valence-electron chi connectivity index (χ4n) is 2.54. The zero-order chi connectivity index (χ0) is 16.5. The van der Waals surface area contributed by atoms with Crippen LogP contribution in [0.1, 0.15) is 13.3 Å². The molecule has 128 valence electrons. The van der Waals surface area contributed by atoms with Gasteiger partial charge in [0.05, 0.1) is 13.2 Å². The van der Waals surface area contributed by atoms with Gasteiger partial charge in [0.25, 0.3) is 0 Å². The van der Waals surface area contributed by atoms with E-state index >= 15 is 0 Å². The average molecular weight is 340 g/mol. The Kier molecular flexibility index (Phi) is 7.49. The zero-order valence-corrected chi connectivity index (χ0v) is 14.7. The quantitative estimate of drug-likeness (QED) is 0.471. The molecule has 1 aliphatic rings. The monoisotopic (exact) mass is 339 g/mol. The van der Waals surface area contributed by atoms with Crippen molar-refractivity contribution in [1.29, 1.82) is 0 Å². The van der Waals surface area contributed by atoms with Gasteiger partial charge in [-0.3, -0.25) is 0 Å². The van der Waals surface area contributed by atoms with Crippen LogP contribution in [0.25, 0.3) is 0 Å². The van der Waals surface area contributed by atoms with E-state index in [0.717, 1.165) is 44.4 Å². The van der Waals surface area contributed by atoms with Crippen molar-refractivity contribution in [1.82, 2.24) is 10.2 Å². The second kappa shape index (κ2) is 9.63. The van der Waals surface area contributed by atoms with E-state index in [2.05, 4.69) is 29.2 Å². The highest BCUT2D eigenvalue weighted by atomic mass is 35.5. The second-order valence-electron chi connectivity index (χ2n) is 5.65. The minimum Gasteiger partial charge on any atom is -0.492 e. The van der Waals surface area contributed by atoms with Gasteiger partial charge in [0.1, 0.15) is 12.4 Å². The predicted octanol–water partition coefficient (Wildman–Crippen LogP) is 2.65. The number of guanidine groups is 1. The standard InChI is InChI=1S/C17H26ClN3O2/c1-3-19-17(21(2)12-14-7-9-22-13-14)20-8-10-23-16-6-4-5-15(18)11-16/h4-6,11,14H,3,7-10,12-13H2,1-2H3,(H,19,20). The van der Waals surface area contributed by atoms with Crippen molar-refractivity contribution in [2.75, 3.05) is 46.5 Å². The highest BCUT2D eigenvalue weighted by molar-refractivity contribution is 6.30. The normalized spacial score (nSPS) is 18.0. The molecule has 1 aromatic carbocycles. The second-order valence-corrected chi connectivity index (χ2v) is 6.09. The van der Waals surface area contributed by atoms with Gasteiger partial charge in [-0.25, -0.2) is 4.99 Å². The fourth-order valence-corrected chi connectivity index (χ4v) is 2.72. The molecule has 1 aliphatic heterocycles. The van der Waals surface area contributed by atoms with Gasteiger partial charge in [-0.2, -0.15) is 0 Å². The maximum absolute atomic E-state index is 5.94. The third-order valence-electron chi connectivity index (χ3n) is 3.67. The van der Waals surface area contributed by atoms with E-state index in [1.807, 2.05) is 24.3 Å². The molecule has 6 heteroatoms. The molecular formula is C17H26ClN3O2. The van der Waals surface area contributed by atoms with Crippen LogP contribution in [0, 0.1) is 5.92 Å². The molecule has 1 aromatic rings. The Labute approximate surface area is 143 Å². The predicted molar refractivity (Wildman–Crippen MR) is 94.5 cm³/mol. The average Bonchev–Trinajstić information content (AvgIpc) is 3.03. The third kappa shape index (κ3) is 6.28. The summed E-state index contributed by atoms with van der Waals surface area (Å²) >= 11 is 5.94. The van der Waals surface area contributed by atoms with Gasteiger partial charge < -0.3 is 19.7 Å². The lowest BCUT2D eigenvalue weighted by Gasteiger charge is -2.24. The number of ether oxygens (including phenoxy) is 2. The molecule has 0 aliphatic carbocycles. The van der Waals surface area contributed by atoms with Crippen LogP contribution in [0.2, 0.25) is 5.02 Å². The SMILES string of the molecule is CCNC(=NCCOc1cccc(Cl)c1)N(C)CC1CCOC1. The lowest BCUT2D eigenvalue weighted by Crippen LogP contribution is -2.41. The van der Waals surface area contributed by atoms with Gasteiger partial charge in [0.2, 0.25) is 0 Å². The van der Waals surface area contributed by atoms with Crippen LogP contribution >= 0.6 is 11.6 Å². The van der Waals surface area contributed by atoms with Gasteiger partial charge >= 0.3 is 0 Å². The van der Waals surface area contributed by atoms with Gasteiger partial charge in [-0.1, -0.05) is 17.7 Å². The van der Waals surface area contributed by atoms with Crippen molar-refractivity contribution in [2.24, 2.45) is 10.9 Å². The molecule has 23 heavy (non-hydrogen) atoms. The van der Waals surface area contributed by atoms with Crippen molar-refractivity contribution < 1.29 is 9.47 Å². The Balaban J connectivity index is 1.80. The number of benzene rings is 1. The highest BCUT2D eigenvalue weighted by Crippen LogP contribution is 2.17. The maximum Gasteiger partial charge on any atom is 0.193 e. The van der Waals surface area contributed by atoms with Crippen molar-refractivity contribution in [3.63, 3.8) is 0 Å². The number of rotatable bonds is 7. The van der Waals surface area contributed by atoms with Crippen LogP contribution in [0.15, 0.2) is 29.3 Å². The summed E-state index contributed by atoms with van der Waals surface area (Å²) in [5, 5.41) is 4.00. The first-order chi connectivity index (χ1) is 11.2. The molecule has 1 heterocycles. The number of nitrogens with zero attached hydrogens (tertiary/aromatic N) is 2. The van der Waals surface area contributed by atoms with E-state index in [0.29, 0.717) is 24.1 Å². The summed E-state index contributed by atoms with van der Waals surface area (Å²) in [6.45, 7) is 6.72. The molecule has 0 amide bonds. The van der Waals surface area contributed by atoms with Crippen molar-refractivity contribution >= 4 is 17.6 Å². The smallest absolute Gasteiger partial charge is 0.193 e. The first-order valence-electron chi connectivity index (χ1n) is 8.14. The lowest BCUT2D eigenvalue weighted by atomic mass is 10.1. The molecule has 2 rings (SSSR count). The van der Waals surface area contributed by atoms with E-state index in [1.54, 1.807) is 0 Å². The summed E-state index contributed by atoms with van der Waals surface area (Å²) in [6.07, 6.45) is 1.13. The van der Waals surface area contributed by atoms with E-state index < -0.39 is 0 Å². The summed E-state index contributed by atoms with van der Waals surface area (Å²) in [6, 6.07) is 7.41. The van der Waals surface area contributed by atoms with Crippen LogP contribution in [-0.4, -0.2) is 57.4 Å². The molecule has 0 bridgehead atoms. The van der Waals surface area contributed by atoms with Crippen molar-refractivity contribution in [3.05, 3.63) is 29.3 Å². The summed E-state index contributed by atoms with van der Waals surface area (Å²) in [5.41, 5.74) is 0. The minimum absolute atomic E-state index is 0.523. The first kappa shape index (κ1) is 17.9. The number of nitrogens with one attached hydrogen (secondary N) is 1. The molecular weight excluding hydrogens is 314 g/mol. The zero-order valence-electron chi connectivity index (χ0n) is 13.9. The number of halogens is 1. The molecule has 1 saturated heterocycles. The molecule has 0 aromatic heterocycles. The van der Waals surface area contributed by atoms with Gasteiger partial charge in [-0.05, 0) is 31.5 Å². The Hall–Kier alpha value is -1.46. The van der Waals surface area contributed by atoms with Crippen LogP contribution in [0.4, 0.5) is 0 Å². The number of hydrogen-bond acceptors (Lipinski definition) is 3. The summed E-state index contributed by atoms with van der Waals surface area (Å²) in [5.74, 6) is 2.27. The number of aliphatic imine (C=N–C) groups is 1. The Bertz CT molecular complexity index is 504. The van der Waals surface area contributed by atoms with E-state index in [9.17, 15) is 0 Å². The lowest BCUT2D eigenvalue weighted by molar-refractivity contribution is 0.181. The fraction of sp³-hybridized carbons (Fsp3) is 0.588. The topological polar surface area (TPSA) is 46.1 Å².